The van der Waals surface area contributed by atoms with Crippen LogP contribution in [0.1, 0.15) is 6.92 Å². The number of hydrogen-bond acceptors (Lipinski definition) is 4. The van der Waals surface area contributed by atoms with E-state index in [2.05, 4.69) is 9.78 Å². The number of benzene rings is 1. The second kappa shape index (κ2) is 6.03. The molecule has 1 aromatic rings. The predicted octanol–water partition coefficient (Wildman–Crippen LogP) is 1.62. The molecule has 0 saturated heterocycles. The summed E-state index contributed by atoms with van der Waals surface area (Å²) in [4.78, 5) is 21.8. The van der Waals surface area contributed by atoms with Crippen LogP contribution in [0.25, 0.3) is 0 Å². The topological polar surface area (TPSA) is 38.8 Å². The summed E-state index contributed by atoms with van der Waals surface area (Å²) in [6.07, 6.45) is 0. The summed E-state index contributed by atoms with van der Waals surface area (Å²) in [5.74, 6) is -0.400. The van der Waals surface area contributed by atoms with Crippen LogP contribution in [0.5, 0.6) is 0 Å². The molecule has 0 spiro atoms. The molecule has 0 aromatic heterocycles. The molecule has 1 aromatic carbocycles. The average Bonchev–Trinajstić information content (AvgIpc) is 2.27. The van der Waals surface area contributed by atoms with Gasteiger partial charge in [0.1, 0.15) is 6.54 Å². The molecule has 4 nitrogen and oxygen atoms in total. The Morgan fingerprint density at radius 2 is 2.00 bits per heavy atom. The third kappa shape index (κ3) is 3.59. The molecule has 0 heterocycles. The zero-order valence-corrected chi connectivity index (χ0v) is 8.97. The molecule has 1 rings (SSSR count). The van der Waals surface area contributed by atoms with Crippen molar-refractivity contribution in [2.75, 3.05) is 25.1 Å². The number of carbonyl (C=O) groups is 1. The molecule has 0 aliphatic rings. The Kier molecular flexibility index (Phi) is 4.63. The van der Waals surface area contributed by atoms with Crippen molar-refractivity contribution in [1.82, 2.24) is 0 Å². The molecule has 0 bridgehead atoms. The van der Waals surface area contributed by atoms with Gasteiger partial charge in [0, 0.05) is 12.2 Å². The maximum Gasteiger partial charge on any atom is 0.361 e. The van der Waals surface area contributed by atoms with Crippen molar-refractivity contribution >= 4 is 11.7 Å². The van der Waals surface area contributed by atoms with E-state index < -0.39 is 5.97 Å². The van der Waals surface area contributed by atoms with Crippen molar-refractivity contribution < 1.29 is 14.6 Å². The number of rotatable bonds is 5. The third-order valence-corrected chi connectivity index (χ3v) is 2.00. The molecule has 0 fully saturated rings. The molecule has 82 valence electrons. The minimum absolute atomic E-state index is 0.189. The first kappa shape index (κ1) is 11.5. The van der Waals surface area contributed by atoms with E-state index in [0.717, 1.165) is 12.2 Å². The number of carbonyl (C=O) groups excluding carboxylic acids is 1. The van der Waals surface area contributed by atoms with Gasteiger partial charge in [-0.25, -0.2) is 4.79 Å². The molecule has 0 atom stereocenters. The first-order valence-electron chi connectivity index (χ1n) is 4.81. The number of likely N-dealkylation sites (N-methyl/N-ethyl adjacent to an activating group) is 1. The number of hydrogen-bond donors (Lipinski definition) is 0. The lowest BCUT2D eigenvalue weighted by molar-refractivity contribution is -0.253. The smallest absolute Gasteiger partial charge is 0.361 e. The number of anilines is 1. The van der Waals surface area contributed by atoms with E-state index in [1.807, 2.05) is 42.2 Å². The lowest BCUT2D eigenvalue weighted by Crippen LogP contribution is -2.30. The highest BCUT2D eigenvalue weighted by Crippen LogP contribution is 2.12. The number of para-hydroxylation sites is 1. The standard InChI is InChI=1S/C11H15NO3/c1-3-12(9-11(13)15-14-2)10-7-5-4-6-8-10/h4-8H,3,9H2,1-2H3. The highest BCUT2D eigenvalue weighted by Gasteiger charge is 2.10. The lowest BCUT2D eigenvalue weighted by Gasteiger charge is -2.21. The van der Waals surface area contributed by atoms with Gasteiger partial charge in [-0.3, -0.25) is 4.89 Å². The first-order valence-corrected chi connectivity index (χ1v) is 4.81. The van der Waals surface area contributed by atoms with Gasteiger partial charge in [0.25, 0.3) is 0 Å². The van der Waals surface area contributed by atoms with Gasteiger partial charge < -0.3 is 4.90 Å². The van der Waals surface area contributed by atoms with Crippen LogP contribution in [-0.2, 0) is 14.6 Å². The van der Waals surface area contributed by atoms with Gasteiger partial charge in [-0.2, -0.15) is 4.89 Å². The van der Waals surface area contributed by atoms with Crippen molar-refractivity contribution in [3.05, 3.63) is 30.3 Å². The van der Waals surface area contributed by atoms with E-state index in [-0.39, 0.29) is 6.54 Å². The molecular weight excluding hydrogens is 194 g/mol. The summed E-state index contributed by atoms with van der Waals surface area (Å²) in [6, 6.07) is 9.69. The van der Waals surface area contributed by atoms with Gasteiger partial charge in [0.2, 0.25) is 0 Å². The lowest BCUT2D eigenvalue weighted by atomic mass is 10.3. The monoisotopic (exact) mass is 209 g/mol. The Balaban J connectivity index is 2.61. The van der Waals surface area contributed by atoms with Crippen molar-refractivity contribution in [3.63, 3.8) is 0 Å². The van der Waals surface area contributed by atoms with Gasteiger partial charge in [-0.05, 0) is 19.1 Å². The molecule has 0 aliphatic carbocycles. The number of nitrogens with zero attached hydrogens (tertiary/aromatic N) is 1. The largest absolute Gasteiger partial charge is 0.361 e. The maximum atomic E-state index is 11.2. The zero-order valence-electron chi connectivity index (χ0n) is 8.97. The predicted molar refractivity (Wildman–Crippen MR) is 57.4 cm³/mol. The van der Waals surface area contributed by atoms with Gasteiger partial charge in [0.05, 0.1) is 7.11 Å². The van der Waals surface area contributed by atoms with Crippen LogP contribution in [-0.4, -0.2) is 26.2 Å². The van der Waals surface area contributed by atoms with Crippen molar-refractivity contribution in [1.29, 1.82) is 0 Å². The summed E-state index contributed by atoms with van der Waals surface area (Å²) < 4.78 is 0. The van der Waals surface area contributed by atoms with E-state index in [1.165, 1.54) is 7.11 Å². The summed E-state index contributed by atoms with van der Waals surface area (Å²) in [7, 11) is 1.32. The summed E-state index contributed by atoms with van der Waals surface area (Å²) in [5, 5.41) is 0. The van der Waals surface area contributed by atoms with Crippen LogP contribution in [0.3, 0.4) is 0 Å². The molecule has 4 heteroatoms. The van der Waals surface area contributed by atoms with Crippen LogP contribution in [0.15, 0.2) is 30.3 Å². The maximum absolute atomic E-state index is 11.2. The van der Waals surface area contributed by atoms with E-state index in [4.69, 9.17) is 0 Å². The van der Waals surface area contributed by atoms with Crippen LogP contribution < -0.4 is 4.90 Å². The molecule has 15 heavy (non-hydrogen) atoms. The molecule has 0 N–H and O–H groups in total. The molecule has 0 radical (unpaired) electrons. The summed E-state index contributed by atoms with van der Waals surface area (Å²) in [5.41, 5.74) is 0.994. The Hall–Kier alpha value is -1.55. The van der Waals surface area contributed by atoms with Crippen molar-refractivity contribution in [3.8, 4) is 0 Å². The third-order valence-electron chi connectivity index (χ3n) is 2.00. The van der Waals surface area contributed by atoms with E-state index >= 15 is 0 Å². The van der Waals surface area contributed by atoms with Crippen LogP contribution >= 0.6 is 0 Å². The van der Waals surface area contributed by atoms with Gasteiger partial charge in [-0.15, -0.1) is 0 Å². The van der Waals surface area contributed by atoms with Crippen molar-refractivity contribution in [2.45, 2.75) is 6.92 Å². The van der Waals surface area contributed by atoms with E-state index in [9.17, 15) is 4.79 Å². The SMILES string of the molecule is CCN(CC(=O)OOC)c1ccccc1. The molecule has 0 aliphatic heterocycles. The fourth-order valence-corrected chi connectivity index (χ4v) is 1.30. The van der Waals surface area contributed by atoms with Crippen molar-refractivity contribution in [2.24, 2.45) is 0 Å². The quantitative estimate of drug-likeness (QED) is 0.545. The van der Waals surface area contributed by atoms with E-state index in [0.29, 0.717) is 0 Å². The average molecular weight is 209 g/mol. The molecular formula is C11H15NO3. The Morgan fingerprint density at radius 3 is 2.53 bits per heavy atom. The minimum Gasteiger partial charge on any atom is -0.361 e. The Morgan fingerprint density at radius 1 is 1.33 bits per heavy atom. The van der Waals surface area contributed by atoms with Gasteiger partial charge >= 0.3 is 5.97 Å². The molecule has 0 amide bonds. The fourth-order valence-electron chi connectivity index (χ4n) is 1.30. The molecule has 0 unspecified atom stereocenters. The highest BCUT2D eigenvalue weighted by molar-refractivity contribution is 5.75. The Labute approximate surface area is 89.3 Å². The first-order chi connectivity index (χ1) is 7.27. The second-order valence-electron chi connectivity index (χ2n) is 2.97. The molecule has 0 saturated carbocycles. The van der Waals surface area contributed by atoms with Gasteiger partial charge in [0.15, 0.2) is 0 Å². The van der Waals surface area contributed by atoms with Gasteiger partial charge in [-0.1, -0.05) is 18.2 Å². The zero-order chi connectivity index (χ0) is 11.1. The summed E-state index contributed by atoms with van der Waals surface area (Å²) in [6.45, 7) is 2.91. The summed E-state index contributed by atoms with van der Waals surface area (Å²) >= 11 is 0. The van der Waals surface area contributed by atoms with Crippen LogP contribution in [0.2, 0.25) is 0 Å². The van der Waals surface area contributed by atoms with E-state index in [1.54, 1.807) is 0 Å². The highest BCUT2D eigenvalue weighted by atomic mass is 17.2. The minimum atomic E-state index is -0.400. The van der Waals surface area contributed by atoms with Crippen LogP contribution in [0, 0.1) is 0 Å². The normalized spacial score (nSPS) is 9.73. The second-order valence-corrected chi connectivity index (χ2v) is 2.97. The fraction of sp³-hybridized carbons (Fsp3) is 0.364. The Bertz CT molecular complexity index is 300. The van der Waals surface area contributed by atoms with Crippen LogP contribution in [0.4, 0.5) is 5.69 Å².